The van der Waals surface area contributed by atoms with Gasteiger partial charge in [0.25, 0.3) is 0 Å². The van der Waals surface area contributed by atoms with E-state index < -0.39 is 10.0 Å². The van der Waals surface area contributed by atoms with E-state index >= 15 is 0 Å². The Kier molecular flexibility index (Phi) is 5.27. The lowest BCUT2D eigenvalue weighted by molar-refractivity contribution is 0.466. The van der Waals surface area contributed by atoms with E-state index in [0.717, 1.165) is 5.56 Å². The molecule has 0 spiro atoms. The first-order chi connectivity index (χ1) is 9.95. The third kappa shape index (κ3) is 3.77. The second-order valence-corrected chi connectivity index (χ2v) is 7.35. The Morgan fingerprint density at radius 1 is 1.05 bits per heavy atom. The van der Waals surface area contributed by atoms with Gasteiger partial charge in [0.15, 0.2) is 0 Å². The molecule has 0 atom stereocenters. The van der Waals surface area contributed by atoms with E-state index in [0.29, 0.717) is 10.6 Å². The van der Waals surface area contributed by atoms with E-state index in [4.69, 9.17) is 23.2 Å². The molecule has 0 fully saturated rings. The van der Waals surface area contributed by atoms with Gasteiger partial charge < -0.3 is 0 Å². The van der Waals surface area contributed by atoms with E-state index in [2.05, 4.69) is 0 Å². The molecule has 0 heterocycles. The zero-order valence-corrected chi connectivity index (χ0v) is 13.8. The van der Waals surface area contributed by atoms with Crippen LogP contribution in [0.1, 0.15) is 11.1 Å². The van der Waals surface area contributed by atoms with Crippen molar-refractivity contribution in [1.82, 2.24) is 4.31 Å². The smallest absolute Gasteiger partial charge is 0.207 e. The predicted octanol–water partition coefficient (Wildman–Crippen LogP) is 3.90. The lowest BCUT2D eigenvalue weighted by Crippen LogP contribution is -2.27. The monoisotopic (exact) mass is 343 g/mol. The molecule has 21 heavy (non-hydrogen) atoms. The number of alkyl halides is 1. The summed E-state index contributed by atoms with van der Waals surface area (Å²) >= 11 is 11.6. The van der Waals surface area contributed by atoms with Crippen molar-refractivity contribution >= 4 is 33.2 Å². The molecule has 2 aromatic carbocycles. The SMILES string of the molecule is CN(Cc1ccc(Cl)cc1)S(=O)(=O)c1ccccc1CCl. The molecule has 2 aromatic rings. The topological polar surface area (TPSA) is 37.4 Å². The van der Waals surface area contributed by atoms with Crippen LogP contribution in [0.15, 0.2) is 53.4 Å². The van der Waals surface area contributed by atoms with Crippen LogP contribution >= 0.6 is 23.2 Å². The van der Waals surface area contributed by atoms with Crippen molar-refractivity contribution in [1.29, 1.82) is 0 Å². The van der Waals surface area contributed by atoms with E-state index in [-0.39, 0.29) is 17.3 Å². The molecule has 0 aliphatic heterocycles. The number of rotatable bonds is 5. The van der Waals surface area contributed by atoms with Gasteiger partial charge in [-0.15, -0.1) is 11.6 Å². The van der Waals surface area contributed by atoms with Crippen molar-refractivity contribution in [2.24, 2.45) is 0 Å². The van der Waals surface area contributed by atoms with Crippen LogP contribution in [0.5, 0.6) is 0 Å². The Labute approximate surface area is 135 Å². The summed E-state index contributed by atoms with van der Waals surface area (Å²) < 4.78 is 26.6. The molecule has 2 rings (SSSR count). The number of hydrogen-bond acceptors (Lipinski definition) is 2. The second kappa shape index (κ2) is 6.79. The van der Waals surface area contributed by atoms with Gasteiger partial charge in [0.1, 0.15) is 0 Å². The molecule has 0 saturated heterocycles. The van der Waals surface area contributed by atoms with Crippen molar-refractivity contribution in [3.05, 3.63) is 64.7 Å². The van der Waals surface area contributed by atoms with Gasteiger partial charge in [0.05, 0.1) is 4.90 Å². The molecule has 112 valence electrons. The van der Waals surface area contributed by atoms with Gasteiger partial charge in [0, 0.05) is 24.5 Å². The van der Waals surface area contributed by atoms with Crippen molar-refractivity contribution in [3.8, 4) is 0 Å². The van der Waals surface area contributed by atoms with Gasteiger partial charge in [0.2, 0.25) is 10.0 Å². The standard InChI is InChI=1S/C15H15Cl2NO2S/c1-18(11-12-6-8-14(17)9-7-12)21(19,20)15-5-3-2-4-13(15)10-16/h2-9H,10-11H2,1H3. The highest BCUT2D eigenvalue weighted by molar-refractivity contribution is 7.89. The molecule has 6 heteroatoms. The van der Waals surface area contributed by atoms with Crippen LogP contribution < -0.4 is 0 Å². The molecule has 0 N–H and O–H groups in total. The summed E-state index contributed by atoms with van der Waals surface area (Å²) in [6, 6.07) is 13.9. The third-order valence-corrected chi connectivity index (χ3v) is 5.57. The molecule has 0 saturated carbocycles. The minimum atomic E-state index is -3.57. The summed E-state index contributed by atoms with van der Waals surface area (Å²) in [5.41, 5.74) is 1.47. The van der Waals surface area contributed by atoms with Gasteiger partial charge in [-0.05, 0) is 29.3 Å². The van der Waals surface area contributed by atoms with Crippen molar-refractivity contribution in [2.75, 3.05) is 7.05 Å². The first kappa shape index (κ1) is 16.3. The first-order valence-corrected chi connectivity index (χ1v) is 8.65. The number of halogens is 2. The highest BCUT2D eigenvalue weighted by atomic mass is 35.5. The second-order valence-electron chi connectivity index (χ2n) is 4.63. The molecule has 0 aromatic heterocycles. The summed E-state index contributed by atoms with van der Waals surface area (Å²) in [5.74, 6) is 0.157. The molecule has 3 nitrogen and oxygen atoms in total. The molecular weight excluding hydrogens is 329 g/mol. The van der Waals surface area contributed by atoms with Gasteiger partial charge in [-0.2, -0.15) is 4.31 Å². The van der Waals surface area contributed by atoms with Crippen LogP contribution in [-0.4, -0.2) is 19.8 Å². The Hall–Kier alpha value is -1.07. The maximum absolute atomic E-state index is 12.6. The fourth-order valence-electron chi connectivity index (χ4n) is 1.97. The molecule has 0 bridgehead atoms. The van der Waals surface area contributed by atoms with E-state index in [1.807, 2.05) is 12.1 Å². The third-order valence-electron chi connectivity index (χ3n) is 3.12. The highest BCUT2D eigenvalue weighted by Crippen LogP contribution is 2.22. The maximum atomic E-state index is 12.6. The molecule has 0 radical (unpaired) electrons. The van der Waals surface area contributed by atoms with Crippen molar-refractivity contribution < 1.29 is 8.42 Å². The summed E-state index contributed by atoms with van der Waals surface area (Å²) in [6.07, 6.45) is 0. The largest absolute Gasteiger partial charge is 0.243 e. The molecule has 0 amide bonds. The van der Waals surface area contributed by atoms with E-state index in [9.17, 15) is 8.42 Å². The highest BCUT2D eigenvalue weighted by Gasteiger charge is 2.23. The number of sulfonamides is 1. The average molecular weight is 344 g/mol. The normalized spacial score (nSPS) is 11.8. The van der Waals surface area contributed by atoms with Gasteiger partial charge in [-0.1, -0.05) is 41.9 Å². The summed E-state index contributed by atoms with van der Waals surface area (Å²) in [4.78, 5) is 0.247. The van der Waals surface area contributed by atoms with E-state index in [1.165, 1.54) is 4.31 Å². The van der Waals surface area contributed by atoms with Crippen molar-refractivity contribution in [2.45, 2.75) is 17.3 Å². The van der Waals surface area contributed by atoms with Crippen LogP contribution in [0, 0.1) is 0 Å². The number of hydrogen-bond donors (Lipinski definition) is 0. The summed E-state index contributed by atoms with van der Waals surface area (Å²) in [5, 5.41) is 0.622. The number of benzene rings is 2. The molecule has 0 aliphatic carbocycles. The van der Waals surface area contributed by atoms with Gasteiger partial charge >= 0.3 is 0 Å². The average Bonchev–Trinajstić information content (AvgIpc) is 2.49. The first-order valence-electron chi connectivity index (χ1n) is 6.30. The molecule has 0 aliphatic rings. The summed E-state index contributed by atoms with van der Waals surface area (Å²) in [6.45, 7) is 0.274. The van der Waals surface area contributed by atoms with Gasteiger partial charge in [-0.25, -0.2) is 8.42 Å². The Bertz CT molecular complexity index is 715. The zero-order chi connectivity index (χ0) is 15.5. The number of nitrogens with zero attached hydrogens (tertiary/aromatic N) is 1. The van der Waals surface area contributed by atoms with Crippen molar-refractivity contribution in [3.63, 3.8) is 0 Å². The Morgan fingerprint density at radius 2 is 1.67 bits per heavy atom. The Morgan fingerprint density at radius 3 is 2.29 bits per heavy atom. The van der Waals surface area contributed by atoms with E-state index in [1.54, 1.807) is 43.4 Å². The summed E-state index contributed by atoms with van der Waals surface area (Å²) in [7, 11) is -2.02. The van der Waals surface area contributed by atoms with Crippen LogP contribution in [0.3, 0.4) is 0 Å². The van der Waals surface area contributed by atoms with Crippen LogP contribution in [0.2, 0.25) is 5.02 Å². The Balaban J connectivity index is 2.28. The molecular formula is C15H15Cl2NO2S. The minimum absolute atomic E-state index is 0.157. The van der Waals surface area contributed by atoms with Crippen LogP contribution in [0.4, 0.5) is 0 Å². The fourth-order valence-corrected chi connectivity index (χ4v) is 3.78. The quantitative estimate of drug-likeness (QED) is 0.772. The fraction of sp³-hybridized carbons (Fsp3) is 0.200. The molecule has 0 unspecified atom stereocenters. The van der Waals surface area contributed by atoms with Crippen LogP contribution in [0.25, 0.3) is 0 Å². The zero-order valence-electron chi connectivity index (χ0n) is 11.5. The lowest BCUT2D eigenvalue weighted by Gasteiger charge is -2.19. The van der Waals surface area contributed by atoms with Gasteiger partial charge in [-0.3, -0.25) is 0 Å². The lowest BCUT2D eigenvalue weighted by atomic mass is 10.2. The minimum Gasteiger partial charge on any atom is -0.207 e. The van der Waals surface area contributed by atoms with Crippen LogP contribution in [-0.2, 0) is 22.4 Å². The predicted molar refractivity (Wildman–Crippen MR) is 86.1 cm³/mol. The maximum Gasteiger partial charge on any atom is 0.243 e.